The maximum Gasteiger partial charge on any atom is 0.0540 e. The van der Waals surface area contributed by atoms with E-state index in [-0.39, 0.29) is 5.41 Å². The molecule has 4 bridgehead atoms. The number of hydrogen-bond acceptors (Lipinski definition) is 1. The van der Waals surface area contributed by atoms with Crippen LogP contribution in [0.1, 0.15) is 69.1 Å². The number of nitrogens with zero attached hydrogens (tertiary/aromatic N) is 1. The molecule has 0 N–H and O–H groups in total. The molecule has 7 aromatic rings. The van der Waals surface area contributed by atoms with Crippen LogP contribution in [0.5, 0.6) is 0 Å². The summed E-state index contributed by atoms with van der Waals surface area (Å²) in [6, 6.07) is 63.8. The van der Waals surface area contributed by atoms with Gasteiger partial charge in [-0.2, -0.15) is 0 Å². The van der Waals surface area contributed by atoms with Crippen molar-refractivity contribution < 1.29 is 0 Å². The summed E-state index contributed by atoms with van der Waals surface area (Å²) >= 11 is 0. The van der Waals surface area contributed by atoms with Gasteiger partial charge in [0.2, 0.25) is 0 Å². The minimum atomic E-state index is -0.0980. The van der Waals surface area contributed by atoms with E-state index in [0.717, 1.165) is 23.4 Å². The lowest BCUT2D eigenvalue weighted by Gasteiger charge is -2.57. The summed E-state index contributed by atoms with van der Waals surface area (Å²) in [6.45, 7) is 4.75. The predicted octanol–water partition coefficient (Wildman–Crippen LogP) is 14.9. The van der Waals surface area contributed by atoms with Crippen molar-refractivity contribution in [2.45, 2.75) is 63.2 Å². The summed E-state index contributed by atoms with van der Waals surface area (Å²) in [4.78, 5) is 2.48. The van der Waals surface area contributed by atoms with E-state index in [1.807, 2.05) is 0 Å². The van der Waals surface area contributed by atoms with Crippen LogP contribution in [0.25, 0.3) is 44.5 Å². The van der Waals surface area contributed by atoms with Crippen LogP contribution in [-0.2, 0) is 10.8 Å². The molecule has 0 radical (unpaired) electrons. The fourth-order valence-corrected chi connectivity index (χ4v) is 11.9. The molecule has 5 aliphatic carbocycles. The molecular formula is C55H49N. The molecule has 0 atom stereocenters. The normalized spacial score (nSPS) is 22.4. The van der Waals surface area contributed by atoms with Crippen molar-refractivity contribution in [1.82, 2.24) is 0 Å². The lowest BCUT2D eigenvalue weighted by atomic mass is 9.48. The molecule has 0 spiro atoms. The zero-order valence-electron chi connectivity index (χ0n) is 32.6. The van der Waals surface area contributed by atoms with Gasteiger partial charge in [-0.3, -0.25) is 0 Å². The van der Waals surface area contributed by atoms with Crippen LogP contribution in [-0.4, -0.2) is 0 Å². The average Bonchev–Trinajstić information content (AvgIpc) is 3.47. The van der Waals surface area contributed by atoms with Crippen LogP contribution in [0.15, 0.2) is 170 Å². The largest absolute Gasteiger partial charge is 0.310 e. The third kappa shape index (κ3) is 5.50. The maximum atomic E-state index is 2.49. The zero-order valence-corrected chi connectivity index (χ0v) is 32.6. The molecule has 56 heavy (non-hydrogen) atoms. The second kappa shape index (κ2) is 13.0. The molecule has 4 fully saturated rings. The minimum absolute atomic E-state index is 0.0980. The quantitative estimate of drug-likeness (QED) is 0.158. The summed E-state index contributed by atoms with van der Waals surface area (Å²) in [5, 5.41) is 0. The smallest absolute Gasteiger partial charge is 0.0540 e. The van der Waals surface area contributed by atoms with Crippen LogP contribution < -0.4 is 4.90 Å². The Labute approximate surface area is 332 Å². The number of rotatable bonds is 7. The number of benzene rings is 7. The van der Waals surface area contributed by atoms with Crippen molar-refractivity contribution in [2.24, 2.45) is 17.8 Å². The van der Waals surface area contributed by atoms with Crippen molar-refractivity contribution in [2.75, 3.05) is 4.90 Å². The van der Waals surface area contributed by atoms with E-state index in [9.17, 15) is 0 Å². The first-order valence-electron chi connectivity index (χ1n) is 20.9. The first kappa shape index (κ1) is 33.7. The Bertz CT molecular complexity index is 2530. The van der Waals surface area contributed by atoms with Gasteiger partial charge in [0, 0.05) is 22.4 Å². The highest BCUT2D eigenvalue weighted by Gasteiger charge is 2.51. The molecule has 1 heteroatoms. The highest BCUT2D eigenvalue weighted by Crippen LogP contribution is 2.61. The summed E-state index contributed by atoms with van der Waals surface area (Å²) < 4.78 is 0. The Hall–Kier alpha value is -5.66. The molecule has 4 saturated carbocycles. The Morgan fingerprint density at radius 1 is 0.411 bits per heavy atom. The van der Waals surface area contributed by atoms with Gasteiger partial charge in [0.15, 0.2) is 0 Å². The number of fused-ring (bicyclic) bond motifs is 3. The van der Waals surface area contributed by atoms with E-state index < -0.39 is 0 Å². The van der Waals surface area contributed by atoms with Crippen molar-refractivity contribution >= 4 is 17.1 Å². The molecule has 0 aliphatic heterocycles. The topological polar surface area (TPSA) is 3.24 Å². The van der Waals surface area contributed by atoms with E-state index >= 15 is 0 Å². The SMILES string of the molecule is CC1(C)c2ccccc2-c2ccc(N(c3ccc(-c4ccccc4)cc3)c3ccc(-c4ccc(C56CC7CC(CC(C7)C5)C6)cc4)cc3-c3ccccc3)cc21. The van der Waals surface area contributed by atoms with E-state index in [1.165, 1.54) is 106 Å². The summed E-state index contributed by atoms with van der Waals surface area (Å²) in [7, 11) is 0. The van der Waals surface area contributed by atoms with Gasteiger partial charge in [-0.1, -0.05) is 147 Å². The minimum Gasteiger partial charge on any atom is -0.310 e. The van der Waals surface area contributed by atoms with Crippen LogP contribution in [0.3, 0.4) is 0 Å². The zero-order chi connectivity index (χ0) is 37.4. The Balaban J connectivity index is 1.04. The molecule has 0 unspecified atom stereocenters. The third-order valence-electron chi connectivity index (χ3n) is 14.2. The molecular weight excluding hydrogens is 675 g/mol. The van der Waals surface area contributed by atoms with Gasteiger partial charge in [0.05, 0.1) is 5.69 Å². The van der Waals surface area contributed by atoms with Gasteiger partial charge < -0.3 is 4.90 Å². The van der Waals surface area contributed by atoms with Crippen LogP contribution in [0.4, 0.5) is 17.1 Å². The van der Waals surface area contributed by atoms with Crippen LogP contribution >= 0.6 is 0 Å². The van der Waals surface area contributed by atoms with E-state index in [0.29, 0.717) is 5.41 Å². The van der Waals surface area contributed by atoms with E-state index in [2.05, 4.69) is 189 Å². The highest BCUT2D eigenvalue weighted by atomic mass is 15.1. The van der Waals surface area contributed by atoms with Crippen LogP contribution in [0, 0.1) is 17.8 Å². The van der Waals surface area contributed by atoms with Gasteiger partial charge in [-0.25, -0.2) is 0 Å². The third-order valence-corrected chi connectivity index (χ3v) is 14.2. The molecule has 0 heterocycles. The molecule has 274 valence electrons. The predicted molar refractivity (Wildman–Crippen MR) is 235 cm³/mol. The molecule has 12 rings (SSSR count). The summed E-state index contributed by atoms with van der Waals surface area (Å²) in [5.74, 6) is 2.85. The molecule has 0 aromatic heterocycles. The monoisotopic (exact) mass is 723 g/mol. The second-order valence-corrected chi connectivity index (χ2v) is 18.0. The summed E-state index contributed by atoms with van der Waals surface area (Å²) in [5.41, 5.74) is 18.3. The highest BCUT2D eigenvalue weighted by molar-refractivity contribution is 5.92. The summed E-state index contributed by atoms with van der Waals surface area (Å²) in [6.07, 6.45) is 8.66. The fourth-order valence-electron chi connectivity index (χ4n) is 11.9. The number of hydrogen-bond donors (Lipinski definition) is 0. The lowest BCUT2D eigenvalue weighted by Crippen LogP contribution is -2.48. The number of anilines is 3. The van der Waals surface area contributed by atoms with Gasteiger partial charge in [0.1, 0.15) is 0 Å². The van der Waals surface area contributed by atoms with Crippen LogP contribution in [0.2, 0.25) is 0 Å². The average molecular weight is 724 g/mol. The van der Waals surface area contributed by atoms with Crippen molar-refractivity contribution in [3.05, 3.63) is 187 Å². The molecule has 0 amide bonds. The van der Waals surface area contributed by atoms with Gasteiger partial charge in [0.25, 0.3) is 0 Å². The van der Waals surface area contributed by atoms with Gasteiger partial charge in [-0.05, 0) is 154 Å². The Kier molecular flexibility index (Phi) is 7.79. The fraction of sp³-hybridized carbons (Fsp3) is 0.236. The van der Waals surface area contributed by atoms with Gasteiger partial charge >= 0.3 is 0 Å². The second-order valence-electron chi connectivity index (χ2n) is 18.0. The first-order chi connectivity index (χ1) is 27.4. The van der Waals surface area contributed by atoms with Crippen molar-refractivity contribution in [3.8, 4) is 44.5 Å². The standard InChI is InChI=1S/C55H49N/c1-54(2)51-16-10-9-15-48(51)49-27-26-47(33-52(49)54)56(46-24-19-41(20-25-46)40-11-5-3-6-12-40)53-28-21-44(32-50(53)43-13-7-4-8-14-43)42-17-22-45(23-18-42)55-34-37-29-38(35-55)31-39(30-37)36-55/h3-28,32-33,37-39H,29-31,34-36H2,1-2H3. The maximum absolute atomic E-state index is 2.49. The van der Waals surface area contributed by atoms with Crippen molar-refractivity contribution in [3.63, 3.8) is 0 Å². The van der Waals surface area contributed by atoms with Gasteiger partial charge in [-0.15, -0.1) is 0 Å². The lowest BCUT2D eigenvalue weighted by molar-refractivity contribution is -0.00518. The Morgan fingerprint density at radius 2 is 0.929 bits per heavy atom. The molecule has 1 nitrogen and oxygen atoms in total. The molecule has 5 aliphatic rings. The Morgan fingerprint density at radius 3 is 1.61 bits per heavy atom. The molecule has 0 saturated heterocycles. The van der Waals surface area contributed by atoms with E-state index in [4.69, 9.17) is 0 Å². The first-order valence-corrected chi connectivity index (χ1v) is 20.9. The van der Waals surface area contributed by atoms with Crippen molar-refractivity contribution in [1.29, 1.82) is 0 Å². The van der Waals surface area contributed by atoms with E-state index in [1.54, 1.807) is 5.56 Å². The molecule has 7 aromatic carbocycles.